The Hall–Kier alpha value is -3.40. The third-order valence-corrected chi connectivity index (χ3v) is 6.64. The van der Waals surface area contributed by atoms with Crippen LogP contribution in [-0.4, -0.2) is 58.0 Å². The van der Waals surface area contributed by atoms with Crippen molar-refractivity contribution in [2.24, 2.45) is 11.1 Å². The predicted molar refractivity (Wildman–Crippen MR) is 131 cm³/mol. The van der Waals surface area contributed by atoms with Gasteiger partial charge in [0.15, 0.2) is 0 Å². The van der Waals surface area contributed by atoms with Crippen LogP contribution in [0, 0.1) is 12.3 Å². The van der Waals surface area contributed by atoms with Gasteiger partial charge in [0.1, 0.15) is 5.69 Å². The van der Waals surface area contributed by atoms with Crippen molar-refractivity contribution in [3.63, 3.8) is 0 Å². The van der Waals surface area contributed by atoms with Crippen molar-refractivity contribution in [3.8, 4) is 0 Å². The first-order valence-electron chi connectivity index (χ1n) is 11.6. The summed E-state index contributed by atoms with van der Waals surface area (Å²) in [5.41, 5.74) is 9.53. The molecule has 3 N–H and O–H groups in total. The van der Waals surface area contributed by atoms with E-state index in [-0.39, 0.29) is 11.3 Å². The number of hydrogen-bond acceptors (Lipinski definition) is 6. The number of rotatable bonds is 8. The molecule has 0 saturated carbocycles. The van der Waals surface area contributed by atoms with Gasteiger partial charge in [-0.05, 0) is 38.5 Å². The van der Waals surface area contributed by atoms with E-state index in [9.17, 15) is 9.59 Å². The maximum absolute atomic E-state index is 13.2. The lowest BCUT2D eigenvalue weighted by atomic mass is 9.87. The first kappa shape index (κ1) is 23.7. The minimum atomic E-state index is -0.519. The number of ether oxygens (including phenoxy) is 1. The number of methoxy groups -OCH3 is 1. The van der Waals surface area contributed by atoms with Gasteiger partial charge >= 0.3 is 0 Å². The quantitative estimate of drug-likeness (QED) is 0.526. The predicted octanol–water partition coefficient (Wildman–Crippen LogP) is 2.80. The van der Waals surface area contributed by atoms with Crippen molar-refractivity contribution in [3.05, 3.63) is 35.2 Å². The van der Waals surface area contributed by atoms with E-state index >= 15 is 0 Å². The van der Waals surface area contributed by atoms with Crippen molar-refractivity contribution in [1.82, 2.24) is 19.3 Å². The number of imidazole rings is 1. The molecule has 0 fully saturated rings. The Bertz CT molecular complexity index is 1250. The lowest BCUT2D eigenvalue weighted by Gasteiger charge is -2.34. The molecule has 10 nitrogen and oxygen atoms in total. The summed E-state index contributed by atoms with van der Waals surface area (Å²) in [6.07, 6.45) is 0.919. The SMILES string of the molecule is CCn1nc(C)cc1C(=O)Nc1nc2cc(C(N)=O)cc3c2n1C[C@](C)(CC)CN3CCOC. The number of nitrogens with zero attached hydrogens (tertiary/aromatic N) is 5. The number of aromatic nitrogens is 4. The van der Waals surface area contributed by atoms with Gasteiger partial charge in [0.05, 0.1) is 29.0 Å². The molecular weight excluding hydrogens is 434 g/mol. The molecule has 1 atom stereocenters. The molecule has 3 aromatic rings. The van der Waals surface area contributed by atoms with E-state index in [1.807, 2.05) is 19.9 Å². The number of nitrogens with two attached hydrogens (primary N) is 1. The Morgan fingerprint density at radius 1 is 1.24 bits per heavy atom. The molecule has 0 radical (unpaired) electrons. The molecule has 1 aliphatic rings. The monoisotopic (exact) mass is 467 g/mol. The van der Waals surface area contributed by atoms with E-state index in [2.05, 4.69) is 33.7 Å². The van der Waals surface area contributed by atoms with E-state index in [0.717, 1.165) is 29.9 Å². The first-order chi connectivity index (χ1) is 16.2. The minimum absolute atomic E-state index is 0.103. The number of carbonyl (C=O) groups excluding carboxylic acids is 2. The van der Waals surface area contributed by atoms with Gasteiger partial charge in [0.2, 0.25) is 11.9 Å². The molecule has 0 aliphatic carbocycles. The molecule has 1 aliphatic heterocycles. The van der Waals surface area contributed by atoms with Crippen LogP contribution in [0.2, 0.25) is 0 Å². The highest BCUT2D eigenvalue weighted by Gasteiger charge is 2.34. The van der Waals surface area contributed by atoms with Crippen LogP contribution in [0.5, 0.6) is 0 Å². The second kappa shape index (κ2) is 9.09. The second-order valence-corrected chi connectivity index (χ2v) is 9.27. The minimum Gasteiger partial charge on any atom is -0.383 e. The Morgan fingerprint density at radius 3 is 2.65 bits per heavy atom. The van der Waals surface area contributed by atoms with Crippen molar-refractivity contribution < 1.29 is 14.3 Å². The number of hydrogen-bond donors (Lipinski definition) is 2. The van der Waals surface area contributed by atoms with Crippen molar-refractivity contribution in [1.29, 1.82) is 0 Å². The van der Waals surface area contributed by atoms with Gasteiger partial charge in [0, 0.05) is 44.3 Å². The van der Waals surface area contributed by atoms with Crippen LogP contribution >= 0.6 is 0 Å². The number of carbonyl (C=O) groups is 2. The smallest absolute Gasteiger partial charge is 0.276 e. The topological polar surface area (TPSA) is 120 Å². The fourth-order valence-corrected chi connectivity index (χ4v) is 4.62. The molecule has 34 heavy (non-hydrogen) atoms. The summed E-state index contributed by atoms with van der Waals surface area (Å²) >= 11 is 0. The molecule has 10 heteroatoms. The number of nitrogens with one attached hydrogen (secondary N) is 1. The largest absolute Gasteiger partial charge is 0.383 e. The van der Waals surface area contributed by atoms with Crippen molar-refractivity contribution >= 4 is 34.5 Å². The van der Waals surface area contributed by atoms with E-state index in [1.54, 1.807) is 23.9 Å². The highest BCUT2D eigenvalue weighted by Crippen LogP contribution is 2.40. The molecule has 182 valence electrons. The molecule has 2 aromatic heterocycles. The normalized spacial score (nSPS) is 17.7. The zero-order chi connectivity index (χ0) is 24.6. The van der Waals surface area contributed by atoms with Gasteiger partial charge < -0.3 is 19.9 Å². The first-order valence-corrected chi connectivity index (χ1v) is 11.6. The maximum atomic E-state index is 13.2. The highest BCUT2D eigenvalue weighted by atomic mass is 16.5. The molecule has 0 spiro atoms. The van der Waals surface area contributed by atoms with E-state index in [0.29, 0.717) is 49.0 Å². The summed E-state index contributed by atoms with van der Waals surface area (Å²) in [7, 11) is 1.67. The lowest BCUT2D eigenvalue weighted by molar-refractivity contribution is 0.0995. The molecule has 1 aromatic carbocycles. The fourth-order valence-electron chi connectivity index (χ4n) is 4.62. The van der Waals surface area contributed by atoms with Crippen LogP contribution in [0.15, 0.2) is 18.2 Å². The van der Waals surface area contributed by atoms with Crippen LogP contribution in [0.25, 0.3) is 11.0 Å². The third kappa shape index (κ3) is 4.25. The molecular formula is C24H33N7O3. The Morgan fingerprint density at radius 2 is 2.00 bits per heavy atom. The van der Waals surface area contributed by atoms with Gasteiger partial charge in [-0.25, -0.2) is 4.98 Å². The zero-order valence-electron chi connectivity index (χ0n) is 20.5. The maximum Gasteiger partial charge on any atom is 0.276 e. The average Bonchev–Trinajstić information content (AvgIpc) is 3.31. The summed E-state index contributed by atoms with van der Waals surface area (Å²) in [5, 5.41) is 7.39. The van der Waals surface area contributed by atoms with Gasteiger partial charge in [0.25, 0.3) is 5.91 Å². The average molecular weight is 468 g/mol. The van der Waals surface area contributed by atoms with Gasteiger partial charge in [-0.2, -0.15) is 5.10 Å². The zero-order valence-corrected chi connectivity index (χ0v) is 20.5. The molecule has 2 amide bonds. The third-order valence-electron chi connectivity index (χ3n) is 6.64. The van der Waals surface area contributed by atoms with E-state index < -0.39 is 5.91 Å². The number of primary amides is 1. The fraction of sp³-hybridized carbons (Fsp3) is 0.500. The number of anilines is 2. The lowest BCUT2D eigenvalue weighted by Crippen LogP contribution is -2.38. The van der Waals surface area contributed by atoms with Crippen molar-refractivity contribution in [2.45, 2.75) is 47.2 Å². The Labute approximate surface area is 199 Å². The van der Waals surface area contributed by atoms with E-state index in [4.69, 9.17) is 15.5 Å². The summed E-state index contributed by atoms with van der Waals surface area (Å²) in [6.45, 7) is 11.4. The summed E-state index contributed by atoms with van der Waals surface area (Å²) in [6, 6.07) is 5.28. The van der Waals surface area contributed by atoms with Crippen LogP contribution < -0.4 is 16.0 Å². The van der Waals surface area contributed by atoms with Crippen LogP contribution in [0.1, 0.15) is 53.7 Å². The second-order valence-electron chi connectivity index (χ2n) is 9.27. The molecule has 4 rings (SSSR count). The molecule has 0 bridgehead atoms. The van der Waals surface area contributed by atoms with Crippen LogP contribution in [0.4, 0.5) is 11.6 Å². The van der Waals surface area contributed by atoms with Gasteiger partial charge in [-0.15, -0.1) is 0 Å². The Balaban J connectivity index is 1.87. The molecule has 0 saturated heterocycles. The molecule has 3 heterocycles. The summed E-state index contributed by atoms with van der Waals surface area (Å²) in [5.74, 6) is -0.350. The van der Waals surface area contributed by atoms with Crippen LogP contribution in [0.3, 0.4) is 0 Å². The highest BCUT2D eigenvalue weighted by molar-refractivity contribution is 6.05. The standard InChI is InChI=1S/C24H33N7O3/c1-6-24(4)13-29(8-9-34-5)18-12-16(21(25)32)11-17-20(18)30(14-24)23(26-17)27-22(33)19-10-15(3)28-31(19)7-2/h10-12H,6-9,13-14H2,1-5H3,(H2,25,32)(H,26,27,33)/t24-/m1/s1. The summed E-state index contributed by atoms with van der Waals surface area (Å²) < 4.78 is 9.09. The summed E-state index contributed by atoms with van der Waals surface area (Å²) in [4.78, 5) is 32.3. The number of benzene rings is 1. The molecule has 0 unspecified atom stereocenters. The number of amides is 2. The van der Waals surface area contributed by atoms with Gasteiger partial charge in [-0.3, -0.25) is 19.6 Å². The van der Waals surface area contributed by atoms with Gasteiger partial charge in [-0.1, -0.05) is 13.8 Å². The van der Waals surface area contributed by atoms with E-state index in [1.165, 1.54) is 0 Å². The van der Waals surface area contributed by atoms with Crippen LogP contribution in [-0.2, 0) is 17.8 Å². The Kier molecular flexibility index (Phi) is 6.35. The van der Waals surface area contributed by atoms with Crippen molar-refractivity contribution in [2.75, 3.05) is 37.0 Å². The number of aryl methyl sites for hydroxylation is 2.